The van der Waals surface area contributed by atoms with Crippen molar-refractivity contribution in [1.29, 1.82) is 0 Å². The van der Waals surface area contributed by atoms with Crippen LogP contribution in [-0.2, 0) is 14.4 Å². The maximum Gasteiger partial charge on any atom is 0.367 e. The maximum atomic E-state index is 13.5. The van der Waals surface area contributed by atoms with Crippen LogP contribution in [0.2, 0.25) is 0 Å². The van der Waals surface area contributed by atoms with Crippen molar-refractivity contribution in [2.75, 3.05) is 0 Å². The number of hydrogen-bond acceptors (Lipinski definition) is 4. The van der Waals surface area contributed by atoms with E-state index < -0.39 is 23.6 Å². The quantitative estimate of drug-likeness (QED) is 0.744. The van der Waals surface area contributed by atoms with Crippen LogP contribution >= 0.6 is 0 Å². The first-order chi connectivity index (χ1) is 8.50. The molecule has 0 unspecified atom stereocenters. The van der Waals surface area contributed by atoms with Gasteiger partial charge in [-0.15, -0.1) is 5.06 Å². The lowest BCUT2D eigenvalue weighted by atomic mass is 10.1. The summed E-state index contributed by atoms with van der Waals surface area (Å²) >= 11 is 0. The summed E-state index contributed by atoms with van der Waals surface area (Å²) in [7, 11) is 0. The Morgan fingerprint density at radius 2 is 1.89 bits per heavy atom. The number of imide groups is 1. The Balaban J connectivity index is 2.23. The van der Waals surface area contributed by atoms with Gasteiger partial charge in [0.15, 0.2) is 0 Å². The fourth-order valence-corrected chi connectivity index (χ4v) is 1.68. The lowest BCUT2D eigenvalue weighted by Gasteiger charge is -2.13. The number of nitrogens with zero attached hydrogens (tertiary/aromatic N) is 1. The van der Waals surface area contributed by atoms with Gasteiger partial charge in [0.05, 0.1) is 0 Å². The molecule has 6 heteroatoms. The Labute approximate surface area is 102 Å². The third-order valence-electron chi connectivity index (χ3n) is 2.61. The second-order valence-electron chi connectivity index (χ2n) is 3.89. The molecular formula is C12H10FNO4. The summed E-state index contributed by atoms with van der Waals surface area (Å²) in [5.41, 5.74) is 0.101. The van der Waals surface area contributed by atoms with Gasteiger partial charge in [-0.2, -0.15) is 0 Å². The molecule has 2 amide bonds. The SMILES string of the molecule is Cc1cccc(F)c1C(=O)ON1C(=O)CCC1=O. The highest BCUT2D eigenvalue weighted by atomic mass is 19.1. The number of rotatable bonds is 2. The van der Waals surface area contributed by atoms with Crippen molar-refractivity contribution in [3.8, 4) is 0 Å². The molecule has 1 aromatic rings. The summed E-state index contributed by atoms with van der Waals surface area (Å²) in [6.45, 7) is 1.54. The largest absolute Gasteiger partial charge is 0.367 e. The van der Waals surface area contributed by atoms with Gasteiger partial charge in [0.25, 0.3) is 11.8 Å². The number of aryl methyl sites for hydroxylation is 1. The van der Waals surface area contributed by atoms with Crippen LogP contribution in [0.15, 0.2) is 18.2 Å². The number of benzene rings is 1. The predicted octanol–water partition coefficient (Wildman–Crippen LogP) is 1.35. The second kappa shape index (κ2) is 4.56. The first-order valence-electron chi connectivity index (χ1n) is 5.34. The average Bonchev–Trinajstić information content (AvgIpc) is 2.60. The summed E-state index contributed by atoms with van der Waals surface area (Å²) < 4.78 is 13.5. The standard InChI is InChI=1S/C12H10FNO4/c1-7-3-2-4-8(13)11(7)12(17)18-14-9(15)5-6-10(14)16/h2-4H,5-6H2,1H3. The Kier molecular flexibility index (Phi) is 3.10. The molecule has 0 N–H and O–H groups in total. The van der Waals surface area contributed by atoms with Gasteiger partial charge in [0, 0.05) is 12.8 Å². The van der Waals surface area contributed by atoms with Gasteiger partial charge in [-0.05, 0) is 18.6 Å². The second-order valence-corrected chi connectivity index (χ2v) is 3.89. The van der Waals surface area contributed by atoms with Crippen LogP contribution in [0.1, 0.15) is 28.8 Å². The number of hydroxylamine groups is 2. The Bertz CT molecular complexity index is 505. The van der Waals surface area contributed by atoms with Crippen LogP contribution in [0, 0.1) is 12.7 Å². The van der Waals surface area contributed by atoms with Gasteiger partial charge in [0.1, 0.15) is 11.4 Å². The molecule has 1 aliphatic rings. The van der Waals surface area contributed by atoms with Crippen molar-refractivity contribution in [3.63, 3.8) is 0 Å². The average molecular weight is 251 g/mol. The molecule has 0 radical (unpaired) electrons. The minimum absolute atomic E-state index is 0.00235. The van der Waals surface area contributed by atoms with E-state index in [0.717, 1.165) is 6.07 Å². The van der Waals surface area contributed by atoms with E-state index in [2.05, 4.69) is 4.84 Å². The number of carbonyl (C=O) groups is 3. The molecule has 0 bridgehead atoms. The summed E-state index contributed by atoms with van der Waals surface area (Å²) in [5, 5.41) is 0.397. The first-order valence-corrected chi connectivity index (χ1v) is 5.34. The fraction of sp³-hybridized carbons (Fsp3) is 0.250. The molecule has 0 aromatic heterocycles. The normalized spacial score (nSPS) is 15.1. The van der Waals surface area contributed by atoms with Gasteiger partial charge in [0.2, 0.25) is 0 Å². The van der Waals surface area contributed by atoms with E-state index in [1.54, 1.807) is 0 Å². The van der Waals surface area contributed by atoms with Crippen molar-refractivity contribution in [3.05, 3.63) is 35.1 Å². The molecule has 2 rings (SSSR count). The Morgan fingerprint density at radius 3 is 2.44 bits per heavy atom. The lowest BCUT2D eigenvalue weighted by Crippen LogP contribution is -2.32. The van der Waals surface area contributed by atoms with Crippen molar-refractivity contribution in [2.45, 2.75) is 19.8 Å². The third-order valence-corrected chi connectivity index (χ3v) is 2.61. The Morgan fingerprint density at radius 1 is 1.28 bits per heavy atom. The zero-order valence-electron chi connectivity index (χ0n) is 9.60. The molecular weight excluding hydrogens is 241 g/mol. The first kappa shape index (κ1) is 12.2. The molecule has 0 saturated carbocycles. The van der Waals surface area contributed by atoms with Crippen molar-refractivity contribution in [2.24, 2.45) is 0 Å². The number of carbonyl (C=O) groups excluding carboxylic acids is 3. The van der Waals surface area contributed by atoms with E-state index in [1.165, 1.54) is 19.1 Å². The van der Waals surface area contributed by atoms with Crippen LogP contribution in [-0.4, -0.2) is 22.8 Å². The van der Waals surface area contributed by atoms with Gasteiger partial charge >= 0.3 is 5.97 Å². The summed E-state index contributed by atoms with van der Waals surface area (Å²) in [6.07, 6.45) is 0.00470. The topological polar surface area (TPSA) is 63.7 Å². The number of amides is 2. The third kappa shape index (κ3) is 2.09. The van der Waals surface area contributed by atoms with E-state index in [1.807, 2.05) is 0 Å². The van der Waals surface area contributed by atoms with Gasteiger partial charge in [-0.1, -0.05) is 12.1 Å². The molecule has 94 valence electrons. The smallest absolute Gasteiger partial charge is 0.325 e. The van der Waals surface area contributed by atoms with E-state index in [4.69, 9.17) is 0 Å². The molecule has 1 heterocycles. The van der Waals surface area contributed by atoms with Crippen LogP contribution in [0.5, 0.6) is 0 Å². The highest BCUT2D eigenvalue weighted by Gasteiger charge is 2.33. The van der Waals surface area contributed by atoms with Crippen molar-refractivity contribution >= 4 is 17.8 Å². The van der Waals surface area contributed by atoms with Gasteiger partial charge in [-0.3, -0.25) is 9.59 Å². The molecule has 1 aliphatic heterocycles. The highest BCUT2D eigenvalue weighted by Crippen LogP contribution is 2.18. The van der Waals surface area contributed by atoms with Crippen molar-refractivity contribution in [1.82, 2.24) is 5.06 Å². The molecule has 18 heavy (non-hydrogen) atoms. The maximum absolute atomic E-state index is 13.5. The van der Waals surface area contributed by atoms with E-state index in [9.17, 15) is 18.8 Å². The fourth-order valence-electron chi connectivity index (χ4n) is 1.68. The molecule has 1 saturated heterocycles. The van der Waals surface area contributed by atoms with E-state index >= 15 is 0 Å². The van der Waals surface area contributed by atoms with E-state index in [0.29, 0.717) is 10.6 Å². The number of halogens is 1. The zero-order chi connectivity index (χ0) is 13.3. The van der Waals surface area contributed by atoms with Crippen LogP contribution in [0.25, 0.3) is 0 Å². The zero-order valence-corrected chi connectivity index (χ0v) is 9.60. The molecule has 1 aromatic carbocycles. The minimum atomic E-state index is -1.05. The monoisotopic (exact) mass is 251 g/mol. The molecule has 0 atom stereocenters. The lowest BCUT2D eigenvalue weighted by molar-refractivity contribution is -0.172. The van der Waals surface area contributed by atoms with Crippen LogP contribution in [0.3, 0.4) is 0 Å². The highest BCUT2D eigenvalue weighted by molar-refractivity contribution is 6.03. The van der Waals surface area contributed by atoms with Crippen molar-refractivity contribution < 1.29 is 23.6 Å². The van der Waals surface area contributed by atoms with Crippen LogP contribution < -0.4 is 0 Å². The summed E-state index contributed by atoms with van der Waals surface area (Å²) in [4.78, 5) is 38.9. The van der Waals surface area contributed by atoms with E-state index in [-0.39, 0.29) is 18.4 Å². The number of hydrogen-bond donors (Lipinski definition) is 0. The minimum Gasteiger partial charge on any atom is -0.325 e. The predicted molar refractivity (Wildman–Crippen MR) is 57.6 cm³/mol. The molecule has 1 fully saturated rings. The molecule has 0 aliphatic carbocycles. The Hall–Kier alpha value is -2.24. The molecule has 0 spiro atoms. The molecule has 5 nitrogen and oxygen atoms in total. The summed E-state index contributed by atoms with van der Waals surface area (Å²) in [6, 6.07) is 4.10. The van der Waals surface area contributed by atoms with Gasteiger partial charge < -0.3 is 4.84 Å². The van der Waals surface area contributed by atoms with Gasteiger partial charge in [-0.25, -0.2) is 9.18 Å². The van der Waals surface area contributed by atoms with Crippen LogP contribution in [0.4, 0.5) is 4.39 Å². The summed E-state index contributed by atoms with van der Waals surface area (Å²) in [5.74, 6) is -2.99.